The fourth-order valence-electron chi connectivity index (χ4n) is 3.39. The Hall–Kier alpha value is -2.88. The van der Waals surface area contributed by atoms with E-state index in [-0.39, 0.29) is 6.04 Å². The van der Waals surface area contributed by atoms with Crippen LogP contribution in [0.2, 0.25) is 0 Å². The van der Waals surface area contributed by atoms with E-state index in [2.05, 4.69) is 70.7 Å². The van der Waals surface area contributed by atoms with E-state index in [0.717, 1.165) is 36.4 Å². The number of hydrogen-bond acceptors (Lipinski definition) is 2. The maximum Gasteiger partial charge on any atom is 0.198 e. The van der Waals surface area contributed by atoms with Gasteiger partial charge in [0.2, 0.25) is 0 Å². The van der Waals surface area contributed by atoms with Gasteiger partial charge in [-0.25, -0.2) is 0 Å². The minimum Gasteiger partial charge on any atom is -0.335 e. The second-order valence-corrected chi connectivity index (χ2v) is 6.73. The van der Waals surface area contributed by atoms with Crippen molar-refractivity contribution in [1.29, 1.82) is 0 Å². The lowest BCUT2D eigenvalue weighted by molar-refractivity contribution is -0.105. The second-order valence-electron chi connectivity index (χ2n) is 6.73. The first-order chi connectivity index (χ1) is 13.7. The highest BCUT2D eigenvalue weighted by Crippen LogP contribution is 2.27. The number of nitrogens with zero attached hydrogens (tertiary/aromatic N) is 2. The molecule has 0 bridgehead atoms. The molecular weight excluding hydrogens is 346 g/mol. The van der Waals surface area contributed by atoms with Gasteiger partial charge in [-0.05, 0) is 24.0 Å². The van der Waals surface area contributed by atoms with Crippen molar-refractivity contribution in [3.63, 3.8) is 0 Å². The number of aldehydes is 1. The van der Waals surface area contributed by atoms with E-state index in [0.29, 0.717) is 6.42 Å². The quantitative estimate of drug-likeness (QED) is 0.306. The van der Waals surface area contributed by atoms with E-state index in [1.165, 1.54) is 11.1 Å². The van der Waals surface area contributed by atoms with Crippen LogP contribution in [0.4, 0.5) is 0 Å². The molecule has 0 unspecified atom stereocenters. The molecule has 4 heteroatoms. The predicted octanol–water partition coefficient (Wildman–Crippen LogP) is 4.95. The minimum absolute atomic E-state index is 0.0118. The molecule has 0 spiro atoms. The Bertz CT molecular complexity index is 758. The Morgan fingerprint density at radius 3 is 1.96 bits per heavy atom. The van der Waals surface area contributed by atoms with Gasteiger partial charge in [0, 0.05) is 25.4 Å². The molecule has 0 aliphatic carbocycles. The summed E-state index contributed by atoms with van der Waals surface area (Å²) in [5.41, 5.74) is 4.12. The minimum atomic E-state index is 0.0118. The molecule has 0 radical (unpaired) electrons. The number of benzene rings is 2. The number of hydrogen-bond donors (Lipinski definition) is 1. The molecule has 0 aliphatic rings. The van der Waals surface area contributed by atoms with Gasteiger partial charge in [0.05, 0.1) is 6.04 Å². The molecule has 28 heavy (non-hydrogen) atoms. The molecule has 0 fully saturated rings. The van der Waals surface area contributed by atoms with Crippen LogP contribution in [0, 0.1) is 0 Å². The zero-order chi connectivity index (χ0) is 20.4. The van der Waals surface area contributed by atoms with Crippen molar-refractivity contribution in [3.8, 4) is 0 Å². The molecule has 0 aliphatic heterocycles. The van der Waals surface area contributed by atoms with Crippen LogP contribution in [-0.4, -0.2) is 31.2 Å². The monoisotopic (exact) mass is 377 g/mol. The third-order valence-corrected chi connectivity index (χ3v) is 4.84. The largest absolute Gasteiger partial charge is 0.335 e. The van der Waals surface area contributed by atoms with Crippen LogP contribution < -0.4 is 5.32 Å². The zero-order valence-corrected chi connectivity index (χ0v) is 17.4. The third-order valence-electron chi connectivity index (χ3n) is 4.84. The van der Waals surface area contributed by atoms with Crippen molar-refractivity contribution in [1.82, 2.24) is 10.2 Å². The number of guanidine groups is 1. The molecule has 0 saturated carbocycles. The van der Waals surface area contributed by atoms with E-state index in [4.69, 9.17) is 0 Å². The van der Waals surface area contributed by atoms with Crippen molar-refractivity contribution in [2.75, 3.05) is 14.1 Å². The van der Waals surface area contributed by atoms with E-state index in [1.807, 2.05) is 26.1 Å². The highest BCUT2D eigenvalue weighted by atomic mass is 16.1. The lowest BCUT2D eigenvalue weighted by Gasteiger charge is -2.32. The third kappa shape index (κ3) is 5.32. The summed E-state index contributed by atoms with van der Waals surface area (Å²) in [7, 11) is 3.82. The number of aliphatic imine (C=N–C) groups is 1. The van der Waals surface area contributed by atoms with Crippen LogP contribution in [-0.2, 0) is 4.79 Å². The van der Waals surface area contributed by atoms with Crippen LogP contribution in [0.5, 0.6) is 0 Å². The fraction of sp³-hybridized carbons (Fsp3) is 0.333. The summed E-state index contributed by atoms with van der Waals surface area (Å²) in [6.45, 7) is 4.12. The van der Waals surface area contributed by atoms with E-state index < -0.39 is 0 Å². The normalized spacial score (nSPS) is 12.5. The van der Waals surface area contributed by atoms with Gasteiger partial charge in [-0.1, -0.05) is 80.9 Å². The average molecular weight is 378 g/mol. The second kappa shape index (κ2) is 11.1. The summed E-state index contributed by atoms with van der Waals surface area (Å²) < 4.78 is 0. The summed E-state index contributed by atoms with van der Waals surface area (Å²) in [6, 6.07) is 20.8. The molecule has 148 valence electrons. The summed E-state index contributed by atoms with van der Waals surface area (Å²) in [6.07, 6.45) is 3.43. The lowest BCUT2D eigenvalue weighted by atomic mass is 9.97. The van der Waals surface area contributed by atoms with Gasteiger partial charge in [-0.3, -0.25) is 9.79 Å². The van der Waals surface area contributed by atoms with Gasteiger partial charge in [0.25, 0.3) is 0 Å². The van der Waals surface area contributed by atoms with Gasteiger partial charge in [-0.2, -0.15) is 0 Å². The predicted molar refractivity (Wildman–Crippen MR) is 117 cm³/mol. The highest BCUT2D eigenvalue weighted by molar-refractivity contribution is 5.84. The first kappa shape index (κ1) is 21.4. The van der Waals surface area contributed by atoms with Crippen LogP contribution in [0.3, 0.4) is 0 Å². The lowest BCUT2D eigenvalue weighted by Crippen LogP contribution is -2.41. The summed E-state index contributed by atoms with van der Waals surface area (Å²) in [5.74, 6) is 0.744. The Morgan fingerprint density at radius 1 is 1.04 bits per heavy atom. The molecule has 0 saturated heterocycles. The molecule has 2 aromatic carbocycles. The maximum atomic E-state index is 11.5. The molecule has 0 amide bonds. The van der Waals surface area contributed by atoms with E-state index >= 15 is 0 Å². The van der Waals surface area contributed by atoms with E-state index in [1.54, 1.807) is 7.05 Å². The van der Waals surface area contributed by atoms with Crippen molar-refractivity contribution in [2.24, 2.45) is 4.99 Å². The van der Waals surface area contributed by atoms with Crippen LogP contribution in [0.15, 0.2) is 76.9 Å². The van der Waals surface area contributed by atoms with Gasteiger partial charge >= 0.3 is 0 Å². The number of carbonyl (C=O) groups is 1. The molecule has 0 aromatic heterocycles. The number of allylic oxidation sites excluding steroid dienone is 2. The van der Waals surface area contributed by atoms with Crippen LogP contribution in [0.1, 0.15) is 50.3 Å². The molecule has 0 heterocycles. The Labute approximate surface area is 169 Å². The highest BCUT2D eigenvalue weighted by Gasteiger charge is 2.22. The Morgan fingerprint density at radius 2 is 1.57 bits per heavy atom. The molecule has 0 atom stereocenters. The molecule has 2 rings (SSSR count). The molecule has 2 aromatic rings. The molecule has 1 N–H and O–H groups in total. The Balaban J connectivity index is 2.43. The average Bonchev–Trinajstić information content (AvgIpc) is 2.74. The zero-order valence-electron chi connectivity index (χ0n) is 17.4. The van der Waals surface area contributed by atoms with Gasteiger partial charge in [0.15, 0.2) is 5.96 Å². The number of nitrogens with one attached hydrogen (secondary N) is 1. The topological polar surface area (TPSA) is 44.7 Å². The van der Waals surface area contributed by atoms with Gasteiger partial charge in [0.1, 0.15) is 6.29 Å². The summed E-state index contributed by atoms with van der Waals surface area (Å²) in [5, 5.41) is 3.45. The first-order valence-electron chi connectivity index (χ1n) is 9.89. The summed E-state index contributed by atoms with van der Waals surface area (Å²) in [4.78, 5) is 18.2. The van der Waals surface area contributed by atoms with Gasteiger partial charge < -0.3 is 10.2 Å². The van der Waals surface area contributed by atoms with Crippen LogP contribution >= 0.6 is 0 Å². The molecule has 4 nitrogen and oxygen atoms in total. The number of carbonyl (C=O) groups excluding carboxylic acids is 1. The smallest absolute Gasteiger partial charge is 0.198 e. The SMILES string of the molecule is CCC/C(NC(=NC)N(C)C(c1ccccc1)c1ccccc1)=C(/C=O)CC. The van der Waals surface area contributed by atoms with Crippen LogP contribution in [0.25, 0.3) is 0 Å². The van der Waals surface area contributed by atoms with Crippen molar-refractivity contribution >= 4 is 12.2 Å². The molecular formula is C24H31N3O. The van der Waals surface area contributed by atoms with E-state index in [9.17, 15) is 4.79 Å². The summed E-state index contributed by atoms with van der Waals surface area (Å²) >= 11 is 0. The number of rotatable bonds is 8. The maximum absolute atomic E-state index is 11.5. The van der Waals surface area contributed by atoms with Crippen molar-refractivity contribution < 1.29 is 4.79 Å². The fourth-order valence-corrected chi connectivity index (χ4v) is 3.39. The first-order valence-corrected chi connectivity index (χ1v) is 9.89. The standard InChI is InChI=1S/C24H31N3O/c1-5-13-22(19(6-2)18-28)26-24(25-3)27(4)23(20-14-9-7-10-15-20)21-16-11-8-12-17-21/h7-12,14-18,23H,5-6,13H2,1-4H3,(H,25,26)/b22-19-. The van der Waals surface area contributed by atoms with Crippen molar-refractivity contribution in [3.05, 3.63) is 83.1 Å². The van der Waals surface area contributed by atoms with Gasteiger partial charge in [-0.15, -0.1) is 0 Å². The Kier molecular flexibility index (Phi) is 8.47. The van der Waals surface area contributed by atoms with Crippen molar-refractivity contribution in [2.45, 2.75) is 39.2 Å².